The van der Waals surface area contributed by atoms with Gasteiger partial charge in [-0.25, -0.2) is 0 Å². The maximum absolute atomic E-state index is 12.5. The fraction of sp³-hybridized carbons (Fsp3) is 0.938. The summed E-state index contributed by atoms with van der Waals surface area (Å²) >= 11 is 0. The molecular formula is C64H125NO5. The minimum Gasteiger partial charge on any atom is -0.466 e. The predicted molar refractivity (Wildman–Crippen MR) is 306 cm³/mol. The summed E-state index contributed by atoms with van der Waals surface area (Å²) in [5.74, 6) is -0.0671. The normalized spacial score (nSPS) is 12.6. The molecule has 3 N–H and O–H groups in total. The lowest BCUT2D eigenvalue weighted by Crippen LogP contribution is -2.45. The smallest absolute Gasteiger partial charge is 0.305 e. The number of aliphatic hydroxyl groups excluding tert-OH is 2. The van der Waals surface area contributed by atoms with Crippen LogP contribution in [0.25, 0.3) is 0 Å². The van der Waals surface area contributed by atoms with Crippen LogP contribution in [0.15, 0.2) is 12.2 Å². The number of unbranched alkanes of at least 4 members (excludes halogenated alkanes) is 47. The molecule has 0 rings (SSSR count). The van der Waals surface area contributed by atoms with Crippen LogP contribution in [0.5, 0.6) is 0 Å². The predicted octanol–water partition coefficient (Wildman–Crippen LogP) is 20.0. The van der Waals surface area contributed by atoms with Crippen molar-refractivity contribution in [3.8, 4) is 0 Å². The molecule has 0 aliphatic carbocycles. The van der Waals surface area contributed by atoms with Crippen molar-refractivity contribution in [2.45, 2.75) is 373 Å². The largest absolute Gasteiger partial charge is 0.466 e. The lowest BCUT2D eigenvalue weighted by atomic mass is 10.0. The SMILES string of the molecule is CCCCCCCCCCCCCCCCCCCCCCCC(O)C(CO)NC(=O)CCCCC/C=C\CCCCCCCCOC(=O)CCCCCCCCCCCCCCCCCCCCC. The van der Waals surface area contributed by atoms with Crippen molar-refractivity contribution in [3.63, 3.8) is 0 Å². The van der Waals surface area contributed by atoms with E-state index in [1.807, 2.05) is 0 Å². The first-order valence-corrected chi connectivity index (χ1v) is 31.9. The van der Waals surface area contributed by atoms with Crippen molar-refractivity contribution in [3.05, 3.63) is 12.2 Å². The van der Waals surface area contributed by atoms with Crippen LogP contribution >= 0.6 is 0 Å². The molecule has 0 aliphatic heterocycles. The Morgan fingerprint density at radius 3 is 1.03 bits per heavy atom. The van der Waals surface area contributed by atoms with E-state index in [4.69, 9.17) is 4.74 Å². The summed E-state index contributed by atoms with van der Waals surface area (Å²) in [6, 6.07) is -0.562. The molecule has 6 heteroatoms. The molecule has 1 amide bonds. The van der Waals surface area contributed by atoms with Gasteiger partial charge in [-0.2, -0.15) is 0 Å². The van der Waals surface area contributed by atoms with Crippen LogP contribution in [-0.2, 0) is 14.3 Å². The second-order valence-electron chi connectivity index (χ2n) is 22.1. The Hall–Kier alpha value is -1.40. The van der Waals surface area contributed by atoms with Gasteiger partial charge in [0.05, 0.1) is 25.4 Å². The van der Waals surface area contributed by atoms with Gasteiger partial charge in [0.1, 0.15) is 0 Å². The van der Waals surface area contributed by atoms with Crippen LogP contribution in [-0.4, -0.2) is 47.4 Å². The summed E-state index contributed by atoms with van der Waals surface area (Å²) in [6.45, 7) is 4.95. The topological polar surface area (TPSA) is 95.9 Å². The van der Waals surface area contributed by atoms with Gasteiger partial charge < -0.3 is 20.3 Å². The molecule has 6 nitrogen and oxygen atoms in total. The van der Waals surface area contributed by atoms with E-state index in [0.717, 1.165) is 70.6 Å². The molecule has 0 spiro atoms. The van der Waals surface area contributed by atoms with Crippen molar-refractivity contribution in [1.82, 2.24) is 5.32 Å². The van der Waals surface area contributed by atoms with Crippen LogP contribution in [0.1, 0.15) is 361 Å². The van der Waals surface area contributed by atoms with E-state index in [0.29, 0.717) is 25.9 Å². The molecule has 0 fully saturated rings. The van der Waals surface area contributed by atoms with Crippen molar-refractivity contribution < 1.29 is 24.5 Å². The number of carbonyl (C=O) groups excluding carboxylic acids is 2. The van der Waals surface area contributed by atoms with Gasteiger partial charge in [-0.3, -0.25) is 9.59 Å². The highest BCUT2D eigenvalue weighted by Crippen LogP contribution is 2.18. The Kier molecular flexibility index (Phi) is 59.0. The number of carbonyl (C=O) groups is 2. The molecule has 70 heavy (non-hydrogen) atoms. The lowest BCUT2D eigenvalue weighted by Gasteiger charge is -2.22. The summed E-state index contributed by atoms with van der Waals surface area (Å²) in [7, 11) is 0. The van der Waals surface area contributed by atoms with E-state index in [2.05, 4.69) is 31.3 Å². The first-order valence-electron chi connectivity index (χ1n) is 31.9. The quantitative estimate of drug-likeness (QED) is 0.0321. The molecule has 0 saturated carbocycles. The Balaban J connectivity index is 3.45. The van der Waals surface area contributed by atoms with Gasteiger partial charge in [-0.15, -0.1) is 0 Å². The van der Waals surface area contributed by atoms with Crippen LogP contribution in [0.4, 0.5) is 0 Å². The average Bonchev–Trinajstić information content (AvgIpc) is 3.36. The number of nitrogens with one attached hydrogen (secondary N) is 1. The number of ether oxygens (including phenoxy) is 1. The van der Waals surface area contributed by atoms with Gasteiger partial charge in [-0.1, -0.05) is 309 Å². The van der Waals surface area contributed by atoms with Crippen molar-refractivity contribution in [2.75, 3.05) is 13.2 Å². The summed E-state index contributed by atoms with van der Waals surface area (Å²) < 4.78 is 5.49. The van der Waals surface area contributed by atoms with E-state index in [1.165, 1.54) is 257 Å². The summed E-state index contributed by atoms with van der Waals surface area (Å²) in [5, 5.41) is 23.3. The van der Waals surface area contributed by atoms with Gasteiger partial charge in [0, 0.05) is 12.8 Å². The lowest BCUT2D eigenvalue weighted by molar-refractivity contribution is -0.143. The second kappa shape index (κ2) is 60.2. The van der Waals surface area contributed by atoms with Crippen molar-refractivity contribution in [2.24, 2.45) is 0 Å². The molecule has 0 aromatic heterocycles. The van der Waals surface area contributed by atoms with Crippen LogP contribution in [0.3, 0.4) is 0 Å². The van der Waals surface area contributed by atoms with Gasteiger partial charge >= 0.3 is 5.97 Å². The minimum atomic E-state index is -0.682. The van der Waals surface area contributed by atoms with Gasteiger partial charge in [0.25, 0.3) is 0 Å². The van der Waals surface area contributed by atoms with Crippen LogP contribution < -0.4 is 5.32 Å². The zero-order valence-corrected chi connectivity index (χ0v) is 47.5. The summed E-state index contributed by atoms with van der Waals surface area (Å²) in [5.41, 5.74) is 0. The third kappa shape index (κ3) is 55.9. The number of allylic oxidation sites excluding steroid dienone is 2. The molecule has 2 unspecified atom stereocenters. The minimum absolute atomic E-state index is 0.00653. The molecule has 0 aliphatic rings. The van der Waals surface area contributed by atoms with Gasteiger partial charge in [0.2, 0.25) is 5.91 Å². The van der Waals surface area contributed by atoms with E-state index in [1.54, 1.807) is 0 Å². The first kappa shape index (κ1) is 68.6. The van der Waals surface area contributed by atoms with E-state index < -0.39 is 12.1 Å². The molecule has 416 valence electrons. The molecule has 0 bridgehead atoms. The fourth-order valence-corrected chi connectivity index (χ4v) is 10.2. The number of amides is 1. The highest BCUT2D eigenvalue weighted by molar-refractivity contribution is 5.76. The zero-order chi connectivity index (χ0) is 50.7. The van der Waals surface area contributed by atoms with E-state index >= 15 is 0 Å². The first-order chi connectivity index (χ1) is 34.5. The Morgan fingerprint density at radius 1 is 0.386 bits per heavy atom. The second-order valence-corrected chi connectivity index (χ2v) is 22.1. The van der Waals surface area contributed by atoms with E-state index in [9.17, 15) is 19.8 Å². The maximum atomic E-state index is 12.5. The molecule has 0 aromatic rings. The molecule has 2 atom stereocenters. The average molecular weight is 989 g/mol. The molecular weight excluding hydrogens is 863 g/mol. The third-order valence-corrected chi connectivity index (χ3v) is 15.1. The molecule has 0 heterocycles. The number of rotatable bonds is 60. The number of aliphatic hydroxyl groups is 2. The zero-order valence-electron chi connectivity index (χ0n) is 47.5. The van der Waals surface area contributed by atoms with Crippen LogP contribution in [0, 0.1) is 0 Å². The standard InChI is InChI=1S/C64H125NO5/c1-3-5-7-9-11-13-15-17-19-21-23-24-26-27-29-32-36-40-44-48-52-56-62(67)61(60-66)65-63(68)57-53-49-45-41-37-33-31-35-39-43-47-51-55-59-70-64(69)58-54-50-46-42-38-34-30-28-25-22-20-18-16-14-12-10-8-6-4-2/h33,37,61-62,66-67H,3-32,34-36,38-60H2,1-2H3,(H,65,68)/b37-33-. The monoisotopic (exact) mass is 988 g/mol. The Morgan fingerprint density at radius 2 is 0.671 bits per heavy atom. The molecule has 0 aromatic carbocycles. The Labute approximate surface area is 438 Å². The highest BCUT2D eigenvalue weighted by Gasteiger charge is 2.20. The number of hydrogen-bond donors (Lipinski definition) is 3. The number of hydrogen-bond acceptors (Lipinski definition) is 5. The molecule has 0 radical (unpaired) electrons. The third-order valence-electron chi connectivity index (χ3n) is 15.1. The fourth-order valence-electron chi connectivity index (χ4n) is 10.2. The van der Waals surface area contributed by atoms with Gasteiger partial charge in [0.15, 0.2) is 0 Å². The summed E-state index contributed by atoms with van der Waals surface area (Å²) in [4.78, 5) is 24.6. The van der Waals surface area contributed by atoms with E-state index in [-0.39, 0.29) is 18.5 Å². The highest BCUT2D eigenvalue weighted by atomic mass is 16.5. The maximum Gasteiger partial charge on any atom is 0.305 e. The van der Waals surface area contributed by atoms with Crippen LogP contribution in [0.2, 0.25) is 0 Å². The van der Waals surface area contributed by atoms with Gasteiger partial charge in [-0.05, 0) is 51.4 Å². The van der Waals surface area contributed by atoms with Crippen molar-refractivity contribution in [1.29, 1.82) is 0 Å². The molecule has 0 saturated heterocycles. The Bertz CT molecular complexity index is 1050. The van der Waals surface area contributed by atoms with Crippen molar-refractivity contribution >= 4 is 11.9 Å². The number of esters is 1. The summed E-state index contributed by atoms with van der Waals surface area (Å²) in [6.07, 6.45) is 72.2.